The molecular weight excluding hydrogens is 216 g/mol. The lowest BCUT2D eigenvalue weighted by Gasteiger charge is -2.25. The van der Waals surface area contributed by atoms with E-state index in [1.165, 1.54) is 12.8 Å². The maximum atomic E-state index is 12.3. The lowest BCUT2D eigenvalue weighted by atomic mass is 10.1. The number of hydrogen-bond acceptors (Lipinski definition) is 4. The third kappa shape index (κ3) is 2.39. The Labute approximate surface area is 101 Å². The third-order valence-corrected chi connectivity index (χ3v) is 3.40. The molecule has 3 N–H and O–H groups in total. The number of nitrogens with zero attached hydrogens (tertiary/aromatic N) is 2. The maximum Gasteiger partial charge on any atom is 0.256 e. The molecule has 1 aromatic rings. The van der Waals surface area contributed by atoms with Gasteiger partial charge in [0, 0.05) is 19.3 Å². The number of nitrogens with two attached hydrogens (primary N) is 1. The summed E-state index contributed by atoms with van der Waals surface area (Å²) in [6.45, 7) is 0. The molecule has 1 aliphatic rings. The Bertz CT molecular complexity index is 401. The molecule has 92 valence electrons. The van der Waals surface area contributed by atoms with Crippen LogP contribution >= 0.6 is 0 Å². The minimum Gasteiger partial charge on any atom is -0.339 e. The molecule has 1 amide bonds. The van der Waals surface area contributed by atoms with Crippen LogP contribution in [0.25, 0.3) is 0 Å². The Morgan fingerprint density at radius 3 is 2.88 bits per heavy atom. The molecule has 5 heteroatoms. The minimum absolute atomic E-state index is 0.00671. The molecule has 0 spiro atoms. The first-order valence-electron chi connectivity index (χ1n) is 5.92. The average molecular weight is 234 g/mol. The highest BCUT2D eigenvalue weighted by Gasteiger charge is 2.25. The van der Waals surface area contributed by atoms with Gasteiger partial charge in [0.1, 0.15) is 0 Å². The van der Waals surface area contributed by atoms with Gasteiger partial charge in [-0.25, -0.2) is 0 Å². The van der Waals surface area contributed by atoms with E-state index in [1.807, 2.05) is 11.9 Å². The minimum atomic E-state index is 0.00671. The zero-order valence-electron chi connectivity index (χ0n) is 10.0. The predicted octanol–water partition coefficient (Wildman–Crippen LogP) is 1.38. The highest BCUT2D eigenvalue weighted by molar-refractivity contribution is 5.99. The van der Waals surface area contributed by atoms with E-state index in [2.05, 4.69) is 10.4 Å². The number of anilines is 1. The van der Waals surface area contributed by atoms with Gasteiger partial charge in [-0.3, -0.25) is 15.6 Å². The normalized spacial score (nSPS) is 15.9. The van der Waals surface area contributed by atoms with Crippen molar-refractivity contribution < 1.29 is 4.79 Å². The van der Waals surface area contributed by atoms with Crippen LogP contribution in [0, 0.1) is 0 Å². The molecule has 2 rings (SSSR count). The molecule has 1 saturated carbocycles. The van der Waals surface area contributed by atoms with Crippen LogP contribution in [0.2, 0.25) is 0 Å². The number of carbonyl (C=O) groups excluding carboxylic acids is 1. The zero-order chi connectivity index (χ0) is 12.3. The molecule has 0 atom stereocenters. The molecule has 1 aromatic heterocycles. The third-order valence-electron chi connectivity index (χ3n) is 3.40. The Morgan fingerprint density at radius 1 is 1.53 bits per heavy atom. The summed E-state index contributed by atoms with van der Waals surface area (Å²) in [5, 5.41) is 0. The lowest BCUT2D eigenvalue weighted by Crippen LogP contribution is -2.35. The van der Waals surface area contributed by atoms with Gasteiger partial charge < -0.3 is 10.3 Å². The largest absolute Gasteiger partial charge is 0.339 e. The van der Waals surface area contributed by atoms with Crippen molar-refractivity contribution in [3.63, 3.8) is 0 Å². The van der Waals surface area contributed by atoms with Gasteiger partial charge in [0.2, 0.25) is 0 Å². The number of amides is 1. The van der Waals surface area contributed by atoms with Gasteiger partial charge in [0.15, 0.2) is 0 Å². The summed E-state index contributed by atoms with van der Waals surface area (Å²) < 4.78 is 0. The average Bonchev–Trinajstić information content (AvgIpc) is 2.90. The fraction of sp³-hybridized carbons (Fsp3) is 0.500. The standard InChI is InChI=1S/C12H18N4O/c1-16(9-4-2-3-5-9)12(17)10-6-7-14-8-11(10)15-13/h6-9,15H,2-5,13H2,1H3. The molecule has 1 fully saturated rings. The van der Waals surface area contributed by atoms with Crippen molar-refractivity contribution >= 4 is 11.6 Å². The molecule has 1 heterocycles. The van der Waals surface area contributed by atoms with Crippen molar-refractivity contribution in [1.29, 1.82) is 0 Å². The zero-order valence-corrected chi connectivity index (χ0v) is 10.0. The molecule has 17 heavy (non-hydrogen) atoms. The molecule has 5 nitrogen and oxygen atoms in total. The van der Waals surface area contributed by atoms with Gasteiger partial charge in [-0.2, -0.15) is 0 Å². The van der Waals surface area contributed by atoms with Crippen LogP contribution in [0.1, 0.15) is 36.0 Å². The number of pyridine rings is 1. The summed E-state index contributed by atoms with van der Waals surface area (Å²) >= 11 is 0. The van der Waals surface area contributed by atoms with Crippen LogP contribution in [0.3, 0.4) is 0 Å². The highest BCUT2D eigenvalue weighted by Crippen LogP contribution is 2.24. The van der Waals surface area contributed by atoms with Crippen molar-refractivity contribution in [2.45, 2.75) is 31.7 Å². The van der Waals surface area contributed by atoms with Crippen molar-refractivity contribution in [1.82, 2.24) is 9.88 Å². The molecule has 0 bridgehead atoms. The molecule has 0 radical (unpaired) electrons. The second kappa shape index (κ2) is 5.14. The van der Waals surface area contributed by atoms with Crippen molar-refractivity contribution in [2.75, 3.05) is 12.5 Å². The van der Waals surface area contributed by atoms with Crippen LogP contribution in [0.4, 0.5) is 5.69 Å². The van der Waals surface area contributed by atoms with Gasteiger partial charge in [0.05, 0.1) is 17.4 Å². The second-order valence-corrected chi connectivity index (χ2v) is 4.42. The fourth-order valence-corrected chi connectivity index (χ4v) is 2.34. The highest BCUT2D eigenvalue weighted by atomic mass is 16.2. The maximum absolute atomic E-state index is 12.3. The number of nitrogens with one attached hydrogen (secondary N) is 1. The Kier molecular flexibility index (Phi) is 3.58. The van der Waals surface area contributed by atoms with Crippen LogP contribution in [0.5, 0.6) is 0 Å². The summed E-state index contributed by atoms with van der Waals surface area (Å²) in [6, 6.07) is 2.06. The second-order valence-electron chi connectivity index (χ2n) is 4.42. The lowest BCUT2D eigenvalue weighted by molar-refractivity contribution is 0.0736. The molecular formula is C12H18N4O. The van der Waals surface area contributed by atoms with Crippen molar-refractivity contribution in [2.24, 2.45) is 5.84 Å². The van der Waals surface area contributed by atoms with Crippen molar-refractivity contribution in [3.05, 3.63) is 24.0 Å². The Hall–Kier alpha value is -1.62. The van der Waals surface area contributed by atoms with Gasteiger partial charge in [-0.15, -0.1) is 0 Å². The topological polar surface area (TPSA) is 71.2 Å². The quantitative estimate of drug-likeness (QED) is 0.612. The number of rotatable bonds is 3. The van der Waals surface area contributed by atoms with E-state index in [9.17, 15) is 4.79 Å². The van der Waals surface area contributed by atoms with Gasteiger partial charge >= 0.3 is 0 Å². The summed E-state index contributed by atoms with van der Waals surface area (Å²) in [4.78, 5) is 18.1. The van der Waals surface area contributed by atoms with E-state index in [4.69, 9.17) is 5.84 Å². The van der Waals surface area contributed by atoms with E-state index < -0.39 is 0 Å². The number of carbonyl (C=O) groups is 1. The fourth-order valence-electron chi connectivity index (χ4n) is 2.34. The van der Waals surface area contributed by atoms with Crippen LogP contribution in [-0.2, 0) is 0 Å². The van der Waals surface area contributed by atoms with Gasteiger partial charge in [-0.1, -0.05) is 12.8 Å². The van der Waals surface area contributed by atoms with Gasteiger partial charge in [0.25, 0.3) is 5.91 Å². The monoisotopic (exact) mass is 234 g/mol. The van der Waals surface area contributed by atoms with Gasteiger partial charge in [-0.05, 0) is 18.9 Å². The summed E-state index contributed by atoms with van der Waals surface area (Å²) in [7, 11) is 1.86. The van der Waals surface area contributed by atoms with Crippen molar-refractivity contribution in [3.8, 4) is 0 Å². The SMILES string of the molecule is CN(C(=O)c1ccncc1NN)C1CCCC1. The predicted molar refractivity (Wildman–Crippen MR) is 66.4 cm³/mol. The van der Waals surface area contributed by atoms with Crippen LogP contribution in [0.15, 0.2) is 18.5 Å². The van der Waals surface area contributed by atoms with Crippen LogP contribution in [-0.4, -0.2) is 28.9 Å². The molecule has 0 unspecified atom stereocenters. The number of aromatic nitrogens is 1. The van der Waals surface area contributed by atoms with E-state index in [1.54, 1.807) is 18.5 Å². The van der Waals surface area contributed by atoms with E-state index in [0.717, 1.165) is 12.8 Å². The summed E-state index contributed by atoms with van der Waals surface area (Å²) in [6.07, 6.45) is 7.78. The van der Waals surface area contributed by atoms with Crippen LogP contribution < -0.4 is 11.3 Å². The molecule has 0 saturated heterocycles. The first kappa shape index (κ1) is 11.9. The first-order chi connectivity index (χ1) is 8.24. The Balaban J connectivity index is 2.18. The molecule has 0 aliphatic heterocycles. The van der Waals surface area contributed by atoms with E-state index in [-0.39, 0.29) is 5.91 Å². The smallest absolute Gasteiger partial charge is 0.256 e. The van der Waals surface area contributed by atoms with E-state index >= 15 is 0 Å². The number of hydrogen-bond donors (Lipinski definition) is 2. The first-order valence-corrected chi connectivity index (χ1v) is 5.92. The summed E-state index contributed by atoms with van der Waals surface area (Å²) in [5.74, 6) is 5.39. The Morgan fingerprint density at radius 2 is 2.24 bits per heavy atom. The number of hydrazine groups is 1. The molecule has 1 aliphatic carbocycles. The summed E-state index contributed by atoms with van der Waals surface area (Å²) in [5.41, 5.74) is 3.66. The molecule has 0 aromatic carbocycles. The number of nitrogen functional groups attached to an aromatic ring is 1. The van der Waals surface area contributed by atoms with E-state index in [0.29, 0.717) is 17.3 Å².